The number of rotatable bonds is 5. The fourth-order valence-electron chi connectivity index (χ4n) is 3.06. The summed E-state index contributed by atoms with van der Waals surface area (Å²) < 4.78 is 0. The maximum absolute atomic E-state index is 4.58. The van der Waals surface area contributed by atoms with Gasteiger partial charge in [-0.25, -0.2) is 9.97 Å². The number of anilines is 1. The monoisotopic (exact) mass is 296 g/mol. The zero-order valence-electron chi connectivity index (χ0n) is 13.5. The second-order valence-electron chi connectivity index (χ2n) is 6.14. The van der Waals surface area contributed by atoms with Gasteiger partial charge < -0.3 is 10.2 Å². The van der Waals surface area contributed by atoms with Crippen LogP contribution in [-0.4, -0.2) is 42.1 Å². The van der Waals surface area contributed by atoms with Crippen LogP contribution in [0.4, 0.5) is 5.82 Å². The largest absolute Gasteiger partial charge is 0.370 e. The van der Waals surface area contributed by atoms with Crippen molar-refractivity contribution in [3.8, 4) is 11.3 Å². The van der Waals surface area contributed by atoms with Crippen molar-refractivity contribution in [2.45, 2.75) is 25.7 Å². The molecule has 0 amide bonds. The van der Waals surface area contributed by atoms with E-state index in [4.69, 9.17) is 0 Å². The molecule has 1 aliphatic rings. The molecule has 4 heteroatoms. The molecule has 0 spiro atoms. The highest BCUT2D eigenvalue weighted by molar-refractivity contribution is 5.72. The fraction of sp³-hybridized carbons (Fsp3) is 0.444. The molecule has 0 saturated heterocycles. The second kappa shape index (κ2) is 6.88. The number of hydrogen-bond acceptors (Lipinski definition) is 4. The molecule has 0 fully saturated rings. The molecule has 0 bridgehead atoms. The van der Waals surface area contributed by atoms with Crippen molar-refractivity contribution in [1.82, 2.24) is 14.9 Å². The molecule has 0 saturated carbocycles. The average molecular weight is 296 g/mol. The van der Waals surface area contributed by atoms with Crippen LogP contribution in [0, 0.1) is 0 Å². The lowest BCUT2D eigenvalue weighted by Crippen LogP contribution is -2.17. The van der Waals surface area contributed by atoms with E-state index in [1.807, 2.05) is 0 Å². The summed E-state index contributed by atoms with van der Waals surface area (Å²) in [7, 11) is 4.21. The van der Waals surface area contributed by atoms with Gasteiger partial charge in [0.05, 0.1) is 5.69 Å². The van der Waals surface area contributed by atoms with Gasteiger partial charge in [-0.05, 0) is 51.9 Å². The number of nitrogens with one attached hydrogen (secondary N) is 1. The average Bonchev–Trinajstić information content (AvgIpc) is 2.71. The van der Waals surface area contributed by atoms with Crippen molar-refractivity contribution in [3.05, 3.63) is 41.7 Å². The van der Waals surface area contributed by atoms with Gasteiger partial charge in [0, 0.05) is 17.7 Å². The third-order valence-corrected chi connectivity index (χ3v) is 4.17. The highest BCUT2D eigenvalue weighted by Crippen LogP contribution is 2.33. The van der Waals surface area contributed by atoms with Crippen LogP contribution in [0.25, 0.3) is 11.3 Å². The molecule has 2 aromatic rings. The lowest BCUT2D eigenvalue weighted by Gasteiger charge is -2.14. The first-order valence-corrected chi connectivity index (χ1v) is 8.06. The molecule has 116 valence electrons. The predicted octanol–water partition coefficient (Wildman–Crippen LogP) is 3.00. The van der Waals surface area contributed by atoms with E-state index in [2.05, 4.69) is 58.5 Å². The van der Waals surface area contributed by atoms with Gasteiger partial charge >= 0.3 is 0 Å². The van der Waals surface area contributed by atoms with Crippen LogP contribution in [-0.2, 0) is 12.8 Å². The first-order valence-electron chi connectivity index (χ1n) is 8.06. The quantitative estimate of drug-likeness (QED) is 0.861. The summed E-state index contributed by atoms with van der Waals surface area (Å²) in [6.07, 6.45) is 6.12. The summed E-state index contributed by atoms with van der Waals surface area (Å²) in [6.45, 7) is 2.03. The molecule has 0 aliphatic heterocycles. The van der Waals surface area contributed by atoms with Crippen molar-refractivity contribution in [3.63, 3.8) is 0 Å². The van der Waals surface area contributed by atoms with E-state index in [0.29, 0.717) is 0 Å². The molecular weight excluding hydrogens is 272 g/mol. The van der Waals surface area contributed by atoms with Crippen molar-refractivity contribution < 1.29 is 0 Å². The Hall–Kier alpha value is -1.94. The van der Waals surface area contributed by atoms with Gasteiger partial charge in [-0.1, -0.05) is 24.3 Å². The van der Waals surface area contributed by atoms with Gasteiger partial charge in [-0.2, -0.15) is 0 Å². The molecule has 4 nitrogen and oxygen atoms in total. The number of hydrogen-bond donors (Lipinski definition) is 1. The number of aryl methyl sites for hydroxylation is 1. The third kappa shape index (κ3) is 3.28. The zero-order valence-corrected chi connectivity index (χ0v) is 13.5. The first-order chi connectivity index (χ1) is 10.8. The number of fused-ring (bicyclic) bond motifs is 3. The van der Waals surface area contributed by atoms with Crippen LogP contribution in [0.15, 0.2) is 30.6 Å². The summed E-state index contributed by atoms with van der Waals surface area (Å²) in [4.78, 5) is 11.3. The SMILES string of the molecule is CN(C)CCCNc1ncnc2c1CCCc1ccccc1-2. The van der Waals surface area contributed by atoms with E-state index >= 15 is 0 Å². The first kappa shape index (κ1) is 15.0. The second-order valence-corrected chi connectivity index (χ2v) is 6.14. The highest BCUT2D eigenvalue weighted by Gasteiger charge is 2.18. The number of aromatic nitrogens is 2. The molecule has 0 radical (unpaired) electrons. The van der Waals surface area contributed by atoms with Gasteiger partial charge in [0.1, 0.15) is 12.1 Å². The zero-order chi connectivity index (χ0) is 15.4. The van der Waals surface area contributed by atoms with Crippen LogP contribution in [0.3, 0.4) is 0 Å². The normalized spacial score (nSPS) is 13.4. The molecule has 1 aromatic heterocycles. The third-order valence-electron chi connectivity index (χ3n) is 4.17. The Morgan fingerprint density at radius 2 is 2.00 bits per heavy atom. The molecule has 0 atom stereocenters. The summed E-state index contributed by atoms with van der Waals surface area (Å²) in [5, 5.41) is 3.51. The Morgan fingerprint density at radius 3 is 2.86 bits per heavy atom. The van der Waals surface area contributed by atoms with Crippen LogP contribution < -0.4 is 5.32 Å². The molecule has 1 N–H and O–H groups in total. The van der Waals surface area contributed by atoms with Crippen molar-refractivity contribution in [2.24, 2.45) is 0 Å². The minimum absolute atomic E-state index is 0.948. The van der Waals surface area contributed by atoms with Gasteiger partial charge in [0.2, 0.25) is 0 Å². The Labute approximate surface area is 132 Å². The van der Waals surface area contributed by atoms with Crippen molar-refractivity contribution in [2.75, 3.05) is 32.5 Å². The smallest absolute Gasteiger partial charge is 0.133 e. The highest BCUT2D eigenvalue weighted by atomic mass is 15.1. The molecule has 1 aliphatic carbocycles. The minimum atomic E-state index is 0.948. The van der Waals surface area contributed by atoms with Gasteiger partial charge in [-0.3, -0.25) is 0 Å². The summed E-state index contributed by atoms with van der Waals surface area (Å²) >= 11 is 0. The van der Waals surface area contributed by atoms with Crippen LogP contribution >= 0.6 is 0 Å². The molecule has 1 heterocycles. The molecule has 3 rings (SSSR count). The molecule has 1 aromatic carbocycles. The van der Waals surface area contributed by atoms with E-state index in [1.165, 1.54) is 16.7 Å². The maximum Gasteiger partial charge on any atom is 0.133 e. The maximum atomic E-state index is 4.58. The van der Waals surface area contributed by atoms with Crippen LogP contribution in [0.2, 0.25) is 0 Å². The molecule has 0 unspecified atom stereocenters. The summed E-state index contributed by atoms with van der Waals surface area (Å²) in [5.41, 5.74) is 5.06. The van der Waals surface area contributed by atoms with Crippen molar-refractivity contribution >= 4 is 5.82 Å². The Morgan fingerprint density at radius 1 is 1.14 bits per heavy atom. The summed E-state index contributed by atoms with van der Waals surface area (Å²) in [6, 6.07) is 8.62. The minimum Gasteiger partial charge on any atom is -0.370 e. The number of benzene rings is 1. The van der Waals surface area contributed by atoms with Gasteiger partial charge in [0.25, 0.3) is 0 Å². The topological polar surface area (TPSA) is 41.0 Å². The lowest BCUT2D eigenvalue weighted by molar-refractivity contribution is 0.405. The van der Waals surface area contributed by atoms with Crippen LogP contribution in [0.1, 0.15) is 24.0 Å². The van der Waals surface area contributed by atoms with Gasteiger partial charge in [-0.15, -0.1) is 0 Å². The number of nitrogens with zero attached hydrogens (tertiary/aromatic N) is 3. The molecule has 22 heavy (non-hydrogen) atoms. The van der Waals surface area contributed by atoms with E-state index in [-0.39, 0.29) is 0 Å². The Kier molecular flexibility index (Phi) is 4.68. The van der Waals surface area contributed by atoms with E-state index in [9.17, 15) is 0 Å². The lowest BCUT2D eigenvalue weighted by atomic mass is 10.0. The van der Waals surface area contributed by atoms with Crippen molar-refractivity contribution in [1.29, 1.82) is 0 Å². The van der Waals surface area contributed by atoms with Crippen LogP contribution in [0.5, 0.6) is 0 Å². The van der Waals surface area contributed by atoms with E-state index in [1.54, 1.807) is 6.33 Å². The van der Waals surface area contributed by atoms with Gasteiger partial charge in [0.15, 0.2) is 0 Å². The Bertz CT molecular complexity index is 637. The molecular formula is C18H24N4. The van der Waals surface area contributed by atoms with E-state index in [0.717, 1.165) is 50.3 Å². The standard InChI is InChI=1S/C18H24N4/c1-22(2)12-6-11-19-18-16-10-5-8-14-7-3-4-9-15(14)17(16)20-13-21-18/h3-4,7,9,13H,5-6,8,10-12H2,1-2H3,(H,19,20,21). The Balaban J connectivity index is 1.84. The summed E-state index contributed by atoms with van der Waals surface area (Å²) in [5.74, 6) is 1.01. The fourth-order valence-corrected chi connectivity index (χ4v) is 3.06. The van der Waals surface area contributed by atoms with E-state index < -0.39 is 0 Å². The predicted molar refractivity (Wildman–Crippen MR) is 91.2 cm³/mol.